The van der Waals surface area contributed by atoms with Gasteiger partial charge in [-0.25, -0.2) is 4.98 Å². The highest BCUT2D eigenvalue weighted by Crippen LogP contribution is 2.46. The molecule has 1 aliphatic heterocycles. The zero-order valence-electron chi connectivity index (χ0n) is 22.0. The quantitative estimate of drug-likeness (QED) is 0.115. The Hall–Kier alpha value is -4.70. The molecule has 1 unspecified atom stereocenters. The van der Waals surface area contributed by atoms with Gasteiger partial charge in [-0.15, -0.1) is 0 Å². The van der Waals surface area contributed by atoms with E-state index in [1.165, 1.54) is 28.6 Å². The zero-order chi connectivity index (χ0) is 28.2. The second-order valence-electron chi connectivity index (χ2n) is 8.70. The summed E-state index contributed by atoms with van der Waals surface area (Å²) in [6.07, 6.45) is 4.63. The number of carbonyl (C=O) groups excluding carboxylic acids is 2. The smallest absolute Gasteiger partial charge is 0.301 e. The Morgan fingerprint density at radius 3 is 2.52 bits per heavy atom. The lowest BCUT2D eigenvalue weighted by atomic mass is 9.95. The highest BCUT2D eigenvalue weighted by atomic mass is 32.1. The van der Waals surface area contributed by atoms with E-state index in [2.05, 4.69) is 16.5 Å². The van der Waals surface area contributed by atoms with Crippen molar-refractivity contribution in [1.29, 1.82) is 0 Å². The van der Waals surface area contributed by atoms with E-state index in [-0.39, 0.29) is 17.9 Å². The van der Waals surface area contributed by atoms with Crippen LogP contribution in [0.1, 0.15) is 31.0 Å². The molecule has 1 fully saturated rings. The Bertz CT molecular complexity index is 1610. The summed E-state index contributed by atoms with van der Waals surface area (Å²) in [5.74, 6) is -0.328. The first-order valence-electron chi connectivity index (χ1n) is 12.7. The number of aliphatic hydroxyl groups excluding tert-OH is 1. The van der Waals surface area contributed by atoms with Crippen LogP contribution in [0.25, 0.3) is 16.0 Å². The Kier molecular flexibility index (Phi) is 7.79. The van der Waals surface area contributed by atoms with Crippen LogP contribution in [-0.2, 0) is 9.59 Å². The van der Waals surface area contributed by atoms with Gasteiger partial charge in [0.2, 0.25) is 0 Å². The van der Waals surface area contributed by atoms with Gasteiger partial charge in [0.15, 0.2) is 16.6 Å². The van der Waals surface area contributed by atoms with Gasteiger partial charge in [-0.05, 0) is 61.9 Å². The van der Waals surface area contributed by atoms with Crippen LogP contribution >= 0.6 is 11.3 Å². The number of thiazole rings is 1. The van der Waals surface area contributed by atoms with E-state index < -0.39 is 17.7 Å². The van der Waals surface area contributed by atoms with Crippen molar-refractivity contribution in [2.75, 3.05) is 24.7 Å². The number of benzene rings is 2. The van der Waals surface area contributed by atoms with Crippen LogP contribution in [0.4, 0.5) is 5.13 Å². The molecule has 1 atom stereocenters. The maximum absolute atomic E-state index is 13.6. The van der Waals surface area contributed by atoms with Crippen molar-refractivity contribution in [2.24, 2.45) is 0 Å². The van der Waals surface area contributed by atoms with E-state index in [0.717, 1.165) is 4.70 Å². The number of anilines is 1. The summed E-state index contributed by atoms with van der Waals surface area (Å²) in [6, 6.07) is 12.8. The largest absolute Gasteiger partial charge is 0.507 e. The fraction of sp³-hybridized carbons (Fsp3) is 0.200. The Morgan fingerprint density at radius 2 is 1.80 bits per heavy atom. The van der Waals surface area contributed by atoms with E-state index in [0.29, 0.717) is 52.2 Å². The maximum atomic E-state index is 13.6. The van der Waals surface area contributed by atoms with Gasteiger partial charge < -0.3 is 19.3 Å². The molecule has 0 spiro atoms. The van der Waals surface area contributed by atoms with Gasteiger partial charge in [-0.3, -0.25) is 19.5 Å². The molecule has 0 bridgehead atoms. The molecule has 2 aromatic carbocycles. The number of hydrogen-bond acceptors (Lipinski definition) is 9. The number of amides is 1. The van der Waals surface area contributed by atoms with E-state index >= 15 is 0 Å². The molecule has 1 amide bonds. The van der Waals surface area contributed by atoms with Crippen molar-refractivity contribution >= 4 is 44.1 Å². The van der Waals surface area contributed by atoms with Crippen LogP contribution in [-0.4, -0.2) is 46.6 Å². The Morgan fingerprint density at radius 1 is 1.02 bits per heavy atom. The molecule has 3 heterocycles. The van der Waals surface area contributed by atoms with Crippen molar-refractivity contribution in [3.05, 3.63) is 90.3 Å². The van der Waals surface area contributed by atoms with Gasteiger partial charge in [-0.2, -0.15) is 0 Å². The normalized spacial score (nSPS) is 16.4. The number of carbonyl (C=O) groups is 2. The van der Waals surface area contributed by atoms with Crippen molar-refractivity contribution in [3.8, 4) is 17.2 Å². The molecule has 0 aliphatic carbocycles. The van der Waals surface area contributed by atoms with Crippen molar-refractivity contribution < 1.29 is 28.9 Å². The van der Waals surface area contributed by atoms with Crippen LogP contribution in [0.15, 0.2) is 79.2 Å². The second-order valence-corrected chi connectivity index (χ2v) is 9.71. The maximum Gasteiger partial charge on any atom is 0.301 e. The third-order valence-corrected chi connectivity index (χ3v) is 7.22. The molecular formula is C30H27N3O6S. The molecule has 4 aromatic rings. The number of fused-ring (bicyclic) bond motifs is 1. The van der Waals surface area contributed by atoms with Gasteiger partial charge in [-0.1, -0.05) is 30.1 Å². The van der Waals surface area contributed by atoms with Crippen molar-refractivity contribution in [1.82, 2.24) is 9.97 Å². The zero-order valence-corrected chi connectivity index (χ0v) is 22.8. The first-order valence-corrected chi connectivity index (χ1v) is 13.5. The number of pyridine rings is 1. The summed E-state index contributed by atoms with van der Waals surface area (Å²) >= 11 is 1.26. The summed E-state index contributed by atoms with van der Waals surface area (Å²) < 4.78 is 18.0. The van der Waals surface area contributed by atoms with E-state index in [1.807, 2.05) is 26.0 Å². The molecule has 204 valence electrons. The summed E-state index contributed by atoms with van der Waals surface area (Å²) in [6.45, 7) is 8.58. The number of ketones is 1. The molecular weight excluding hydrogens is 530 g/mol. The summed E-state index contributed by atoms with van der Waals surface area (Å²) in [5, 5.41) is 11.6. The molecule has 1 aliphatic rings. The number of ether oxygens (including phenoxy) is 3. The monoisotopic (exact) mass is 557 g/mol. The molecule has 40 heavy (non-hydrogen) atoms. The predicted octanol–water partition coefficient (Wildman–Crippen LogP) is 5.68. The van der Waals surface area contributed by atoms with Gasteiger partial charge in [0.1, 0.15) is 18.1 Å². The van der Waals surface area contributed by atoms with E-state index in [9.17, 15) is 14.7 Å². The lowest BCUT2D eigenvalue weighted by molar-refractivity contribution is -0.132. The van der Waals surface area contributed by atoms with Gasteiger partial charge in [0, 0.05) is 18.0 Å². The molecule has 0 saturated carbocycles. The minimum absolute atomic E-state index is 0.0623. The summed E-state index contributed by atoms with van der Waals surface area (Å²) in [4.78, 5) is 37.1. The highest BCUT2D eigenvalue weighted by Gasteiger charge is 2.48. The van der Waals surface area contributed by atoms with Crippen LogP contribution in [0.3, 0.4) is 0 Å². The van der Waals surface area contributed by atoms with Crippen LogP contribution in [0, 0.1) is 0 Å². The number of nitrogens with zero attached hydrogens (tertiary/aromatic N) is 3. The van der Waals surface area contributed by atoms with Gasteiger partial charge in [0.05, 0.1) is 35.0 Å². The van der Waals surface area contributed by atoms with Gasteiger partial charge >= 0.3 is 5.91 Å². The lowest BCUT2D eigenvalue weighted by Gasteiger charge is -2.24. The summed E-state index contributed by atoms with van der Waals surface area (Å²) in [5.41, 5.74) is 1.49. The van der Waals surface area contributed by atoms with Gasteiger partial charge in [0.25, 0.3) is 5.78 Å². The first kappa shape index (κ1) is 26.9. The number of aromatic nitrogens is 2. The minimum atomic E-state index is -0.979. The molecule has 1 saturated heterocycles. The van der Waals surface area contributed by atoms with E-state index in [4.69, 9.17) is 14.2 Å². The highest BCUT2D eigenvalue weighted by molar-refractivity contribution is 7.22. The van der Waals surface area contributed by atoms with Crippen LogP contribution in [0.2, 0.25) is 0 Å². The molecule has 10 heteroatoms. The molecule has 9 nitrogen and oxygen atoms in total. The first-order chi connectivity index (χ1) is 19.5. The fourth-order valence-corrected chi connectivity index (χ4v) is 5.51. The lowest BCUT2D eigenvalue weighted by Crippen LogP contribution is -2.29. The number of Topliss-reactive ketones (excluding diaryl/α,β-unsaturated/α-hetero) is 1. The van der Waals surface area contributed by atoms with E-state index in [1.54, 1.807) is 42.5 Å². The number of hydrogen-bond donors (Lipinski definition) is 1. The third kappa shape index (κ3) is 5.01. The number of aliphatic hydroxyl groups is 1. The molecule has 5 rings (SSSR count). The SMILES string of the molecule is C=CCOc1ccc(C2/C(=C(\O)c3ccncc3)C(=O)C(=O)N2c2nc3ccc(OCC)cc3s2)cc1OCC. The second kappa shape index (κ2) is 11.6. The summed E-state index contributed by atoms with van der Waals surface area (Å²) in [7, 11) is 0. The Balaban J connectivity index is 1.70. The molecule has 1 N–H and O–H groups in total. The average molecular weight is 558 g/mol. The minimum Gasteiger partial charge on any atom is -0.507 e. The Labute approximate surface area is 235 Å². The fourth-order valence-electron chi connectivity index (χ4n) is 4.49. The average Bonchev–Trinajstić information content (AvgIpc) is 3.50. The molecule has 0 radical (unpaired) electrons. The number of rotatable bonds is 10. The van der Waals surface area contributed by atoms with Crippen molar-refractivity contribution in [3.63, 3.8) is 0 Å². The molecule has 2 aromatic heterocycles. The predicted molar refractivity (Wildman–Crippen MR) is 153 cm³/mol. The van der Waals surface area contributed by atoms with Crippen LogP contribution in [0.5, 0.6) is 17.2 Å². The van der Waals surface area contributed by atoms with Crippen LogP contribution < -0.4 is 19.1 Å². The topological polar surface area (TPSA) is 111 Å². The van der Waals surface area contributed by atoms with Crippen molar-refractivity contribution in [2.45, 2.75) is 19.9 Å². The standard InChI is InChI=1S/C30H27N3O6S/c1-4-15-39-22-10-7-19(16-23(22)38-6-3)26-25(27(34)18-11-13-31-14-12-18)28(35)29(36)33(26)30-32-21-9-8-20(37-5-2)17-24(21)40-30/h4,7-14,16-17,26,34H,1,5-6,15H2,2-3H3/b27-25+. The third-order valence-electron chi connectivity index (χ3n) is 6.20.